The molecule has 0 radical (unpaired) electrons. The number of para-hydroxylation sites is 1. The predicted octanol–water partition coefficient (Wildman–Crippen LogP) is 5.41. The van der Waals surface area contributed by atoms with Crippen molar-refractivity contribution >= 4 is 5.69 Å². The smallest absolute Gasteiger partial charge is 0.0557 e. The summed E-state index contributed by atoms with van der Waals surface area (Å²) in [5.74, 6) is 0. The van der Waals surface area contributed by atoms with Crippen LogP contribution in [-0.4, -0.2) is 12.6 Å². The summed E-state index contributed by atoms with van der Waals surface area (Å²) in [6, 6.07) is 22.1. The highest BCUT2D eigenvalue weighted by Crippen LogP contribution is 2.34. The van der Waals surface area contributed by atoms with Gasteiger partial charge in [0.2, 0.25) is 0 Å². The van der Waals surface area contributed by atoms with Gasteiger partial charge in [-0.15, -0.1) is 0 Å². The van der Waals surface area contributed by atoms with Gasteiger partial charge in [0, 0.05) is 18.3 Å². The van der Waals surface area contributed by atoms with Crippen LogP contribution in [0.15, 0.2) is 60.7 Å². The van der Waals surface area contributed by atoms with Gasteiger partial charge < -0.3 is 10.6 Å². The lowest BCUT2D eigenvalue weighted by Gasteiger charge is -2.40. The van der Waals surface area contributed by atoms with Crippen molar-refractivity contribution in [3.63, 3.8) is 0 Å². The van der Waals surface area contributed by atoms with Gasteiger partial charge in [0.25, 0.3) is 0 Å². The first-order valence-electron chi connectivity index (χ1n) is 8.97. The fourth-order valence-electron chi connectivity index (χ4n) is 2.91. The van der Waals surface area contributed by atoms with Crippen molar-refractivity contribution in [1.29, 1.82) is 0 Å². The molecular formula is C21H32N2. The predicted molar refractivity (Wildman–Crippen MR) is 103 cm³/mol. The second-order valence-electron chi connectivity index (χ2n) is 5.24. The highest BCUT2D eigenvalue weighted by atomic mass is 15.2. The standard InChI is InChI=1S/C17H20N2.2C2H6/c18-15-11-12-19(16-9-5-2-6-10-16)17(13-15)14-7-3-1-4-8-14;2*1-2/h1-10,15,17H,11-13,18H2;2*1-2H3. The normalized spacial score (nSPS) is 19.8. The van der Waals surface area contributed by atoms with E-state index in [9.17, 15) is 0 Å². The fraction of sp³-hybridized carbons (Fsp3) is 0.429. The maximum atomic E-state index is 6.18. The van der Waals surface area contributed by atoms with Gasteiger partial charge in [-0.25, -0.2) is 0 Å². The van der Waals surface area contributed by atoms with Crippen LogP contribution in [0.2, 0.25) is 0 Å². The Bertz CT molecular complexity index is 510. The molecule has 0 bridgehead atoms. The van der Waals surface area contributed by atoms with Crippen molar-refractivity contribution in [3.05, 3.63) is 66.2 Å². The Hall–Kier alpha value is -1.80. The first-order chi connectivity index (χ1) is 11.3. The molecule has 1 saturated heterocycles. The van der Waals surface area contributed by atoms with Crippen molar-refractivity contribution in [1.82, 2.24) is 0 Å². The van der Waals surface area contributed by atoms with Gasteiger partial charge in [-0.05, 0) is 30.5 Å². The average Bonchev–Trinajstić information content (AvgIpc) is 2.66. The van der Waals surface area contributed by atoms with Crippen LogP contribution in [0.4, 0.5) is 5.69 Å². The van der Waals surface area contributed by atoms with E-state index in [4.69, 9.17) is 5.73 Å². The number of hydrogen-bond donors (Lipinski definition) is 1. The lowest BCUT2D eigenvalue weighted by molar-refractivity contribution is 0.420. The lowest BCUT2D eigenvalue weighted by Crippen LogP contribution is -2.42. The van der Waals surface area contributed by atoms with Gasteiger partial charge in [0.15, 0.2) is 0 Å². The molecule has 2 aromatic carbocycles. The van der Waals surface area contributed by atoms with Gasteiger partial charge in [-0.2, -0.15) is 0 Å². The molecule has 0 amide bonds. The van der Waals surface area contributed by atoms with Crippen LogP contribution in [0, 0.1) is 0 Å². The van der Waals surface area contributed by atoms with E-state index in [1.54, 1.807) is 0 Å². The van der Waals surface area contributed by atoms with Gasteiger partial charge in [-0.1, -0.05) is 76.2 Å². The van der Waals surface area contributed by atoms with E-state index in [1.165, 1.54) is 11.3 Å². The SMILES string of the molecule is CC.CC.NC1CCN(c2ccccc2)C(c2ccccc2)C1. The molecule has 1 heterocycles. The minimum atomic E-state index is 0.310. The minimum absolute atomic E-state index is 0.310. The molecule has 3 rings (SSSR count). The summed E-state index contributed by atoms with van der Waals surface area (Å²) in [6.07, 6.45) is 2.09. The summed E-state index contributed by atoms with van der Waals surface area (Å²) in [4.78, 5) is 2.48. The third-order valence-corrected chi connectivity index (χ3v) is 3.92. The van der Waals surface area contributed by atoms with E-state index in [0.717, 1.165) is 19.4 Å². The second-order valence-corrected chi connectivity index (χ2v) is 5.24. The molecule has 1 fully saturated rings. The number of nitrogens with zero attached hydrogens (tertiary/aromatic N) is 1. The number of piperidine rings is 1. The molecule has 0 aliphatic carbocycles. The molecule has 23 heavy (non-hydrogen) atoms. The highest BCUT2D eigenvalue weighted by Gasteiger charge is 2.27. The van der Waals surface area contributed by atoms with Crippen LogP contribution in [0.25, 0.3) is 0 Å². The quantitative estimate of drug-likeness (QED) is 0.803. The Balaban J connectivity index is 0.000000615. The Labute approximate surface area is 142 Å². The molecule has 2 nitrogen and oxygen atoms in total. The minimum Gasteiger partial charge on any atom is -0.364 e. The van der Waals surface area contributed by atoms with Crippen molar-refractivity contribution in [2.45, 2.75) is 52.6 Å². The van der Waals surface area contributed by atoms with Crippen LogP contribution in [0.3, 0.4) is 0 Å². The monoisotopic (exact) mass is 312 g/mol. The Kier molecular flexibility index (Phi) is 9.08. The van der Waals surface area contributed by atoms with E-state index >= 15 is 0 Å². The molecule has 2 N–H and O–H groups in total. The van der Waals surface area contributed by atoms with Crippen LogP contribution in [-0.2, 0) is 0 Å². The zero-order chi connectivity index (χ0) is 17.1. The van der Waals surface area contributed by atoms with Crippen molar-refractivity contribution in [3.8, 4) is 0 Å². The van der Waals surface area contributed by atoms with Gasteiger partial charge in [0.05, 0.1) is 6.04 Å². The highest BCUT2D eigenvalue weighted by molar-refractivity contribution is 5.49. The largest absolute Gasteiger partial charge is 0.364 e. The first kappa shape index (κ1) is 19.2. The Morgan fingerprint density at radius 2 is 1.35 bits per heavy atom. The maximum Gasteiger partial charge on any atom is 0.0557 e. The summed E-state index contributed by atoms with van der Waals surface area (Å²) < 4.78 is 0. The molecule has 2 atom stereocenters. The Morgan fingerprint density at radius 3 is 1.91 bits per heavy atom. The molecular weight excluding hydrogens is 280 g/mol. The Morgan fingerprint density at radius 1 is 0.826 bits per heavy atom. The summed E-state index contributed by atoms with van der Waals surface area (Å²) >= 11 is 0. The number of benzene rings is 2. The van der Waals surface area contributed by atoms with Crippen molar-refractivity contribution in [2.24, 2.45) is 5.73 Å². The molecule has 2 aromatic rings. The number of rotatable bonds is 2. The molecule has 1 aliphatic heterocycles. The summed E-state index contributed by atoms with van der Waals surface area (Å²) in [7, 11) is 0. The van der Waals surface area contributed by atoms with Gasteiger partial charge in [0.1, 0.15) is 0 Å². The molecule has 2 unspecified atom stereocenters. The van der Waals surface area contributed by atoms with Crippen LogP contribution < -0.4 is 10.6 Å². The maximum absolute atomic E-state index is 6.18. The average molecular weight is 313 g/mol. The molecule has 0 aromatic heterocycles. The molecule has 0 spiro atoms. The summed E-state index contributed by atoms with van der Waals surface area (Å²) in [6.45, 7) is 9.03. The van der Waals surface area contributed by atoms with Crippen molar-refractivity contribution in [2.75, 3.05) is 11.4 Å². The van der Waals surface area contributed by atoms with E-state index in [0.29, 0.717) is 12.1 Å². The van der Waals surface area contributed by atoms with E-state index in [1.807, 2.05) is 27.7 Å². The number of anilines is 1. The third kappa shape index (κ3) is 5.40. The summed E-state index contributed by atoms with van der Waals surface area (Å²) in [5.41, 5.74) is 8.83. The van der Waals surface area contributed by atoms with Crippen molar-refractivity contribution < 1.29 is 0 Å². The molecule has 1 aliphatic rings. The topological polar surface area (TPSA) is 29.3 Å². The lowest BCUT2D eigenvalue weighted by atomic mass is 9.91. The zero-order valence-electron chi connectivity index (χ0n) is 15.1. The van der Waals surface area contributed by atoms with E-state index in [2.05, 4.69) is 65.6 Å². The first-order valence-corrected chi connectivity index (χ1v) is 8.97. The zero-order valence-corrected chi connectivity index (χ0v) is 15.1. The molecule has 0 saturated carbocycles. The number of nitrogens with two attached hydrogens (primary N) is 1. The van der Waals surface area contributed by atoms with E-state index < -0.39 is 0 Å². The third-order valence-electron chi connectivity index (χ3n) is 3.92. The van der Waals surface area contributed by atoms with Gasteiger partial charge in [-0.3, -0.25) is 0 Å². The van der Waals surface area contributed by atoms with Gasteiger partial charge >= 0.3 is 0 Å². The molecule has 126 valence electrons. The molecule has 2 heteroatoms. The second kappa shape index (κ2) is 10.8. The summed E-state index contributed by atoms with van der Waals surface area (Å²) in [5, 5.41) is 0. The fourth-order valence-corrected chi connectivity index (χ4v) is 2.91. The van der Waals surface area contributed by atoms with Crippen LogP contribution in [0.5, 0.6) is 0 Å². The van der Waals surface area contributed by atoms with Crippen LogP contribution >= 0.6 is 0 Å². The van der Waals surface area contributed by atoms with E-state index in [-0.39, 0.29) is 0 Å². The number of hydrogen-bond acceptors (Lipinski definition) is 2. The van der Waals surface area contributed by atoms with Crippen LogP contribution in [0.1, 0.15) is 52.1 Å².